The molecule has 1 aromatic carbocycles. The molecule has 3 N–H and O–H groups in total. The van der Waals surface area contributed by atoms with Gasteiger partial charge in [0.2, 0.25) is 0 Å². The number of nitrogen functional groups attached to an aromatic ring is 1. The van der Waals surface area contributed by atoms with E-state index in [1.807, 2.05) is 24.3 Å². The number of carbonyl (C=O) groups excluding carboxylic acids is 1. The number of anilines is 2. The van der Waals surface area contributed by atoms with Gasteiger partial charge in [-0.1, -0.05) is 12.1 Å². The molecule has 0 saturated heterocycles. The van der Waals surface area contributed by atoms with E-state index in [2.05, 4.69) is 5.32 Å². The van der Waals surface area contributed by atoms with E-state index in [0.717, 1.165) is 20.4 Å². The number of hydrogen-bond donors (Lipinski definition) is 2. The Morgan fingerprint density at radius 1 is 1.28 bits per heavy atom. The maximum atomic E-state index is 12.7. The van der Waals surface area contributed by atoms with Crippen LogP contribution in [-0.2, 0) is 25.4 Å². The summed E-state index contributed by atoms with van der Waals surface area (Å²) >= 11 is 0. The van der Waals surface area contributed by atoms with Crippen molar-refractivity contribution in [1.82, 2.24) is 9.13 Å². The molecule has 25 heavy (non-hydrogen) atoms. The molecule has 2 aromatic rings. The highest BCUT2D eigenvalue weighted by Crippen LogP contribution is 2.15. The summed E-state index contributed by atoms with van der Waals surface area (Å²) in [4.78, 5) is 36.9. The lowest BCUT2D eigenvalue weighted by Crippen LogP contribution is -2.43. The summed E-state index contributed by atoms with van der Waals surface area (Å²) in [5.41, 5.74) is 6.03. The maximum absolute atomic E-state index is 12.7. The third-order valence-electron chi connectivity index (χ3n) is 3.97. The summed E-state index contributed by atoms with van der Waals surface area (Å²) in [5.74, 6) is -0.620. The fraction of sp³-hybridized carbons (Fsp3) is 0.353. The number of rotatable bonds is 6. The summed E-state index contributed by atoms with van der Waals surface area (Å²) in [6.07, 6.45) is 0. The molecule has 1 heterocycles. The number of nitrogens with zero attached hydrogens (tertiary/aromatic N) is 2. The Bertz CT molecular complexity index is 914. The van der Waals surface area contributed by atoms with Gasteiger partial charge in [-0.2, -0.15) is 0 Å². The third-order valence-corrected chi connectivity index (χ3v) is 3.97. The minimum absolute atomic E-state index is 0.139. The first-order valence-corrected chi connectivity index (χ1v) is 7.72. The Kier molecular flexibility index (Phi) is 5.43. The van der Waals surface area contributed by atoms with Crippen molar-refractivity contribution in [3.8, 4) is 0 Å². The zero-order valence-electron chi connectivity index (χ0n) is 14.7. The monoisotopic (exact) mass is 346 g/mol. The van der Waals surface area contributed by atoms with Crippen molar-refractivity contribution in [1.29, 1.82) is 0 Å². The van der Waals surface area contributed by atoms with Crippen LogP contribution in [0.3, 0.4) is 0 Å². The van der Waals surface area contributed by atoms with Crippen molar-refractivity contribution < 1.29 is 9.53 Å². The van der Waals surface area contributed by atoms with Crippen LogP contribution in [0.15, 0.2) is 33.9 Å². The molecule has 0 aliphatic heterocycles. The average molecular weight is 346 g/mol. The van der Waals surface area contributed by atoms with E-state index in [1.165, 1.54) is 14.1 Å². The fourth-order valence-electron chi connectivity index (χ4n) is 2.54. The number of nitrogens with two attached hydrogens (primary N) is 1. The minimum Gasteiger partial charge on any atom is -0.384 e. The standard InChI is InChI=1S/C17H22N4O4/c1-10(19-12-7-5-6-11(8-12)9-25-4)14(22)13-15(18)20(2)17(24)21(3)16(13)23/h5-8,10,19H,9,18H2,1-4H3/t10-/m0/s1. The number of ketones is 1. The van der Waals surface area contributed by atoms with Crippen molar-refractivity contribution in [3.63, 3.8) is 0 Å². The highest BCUT2D eigenvalue weighted by atomic mass is 16.5. The molecule has 134 valence electrons. The van der Waals surface area contributed by atoms with Crippen LogP contribution >= 0.6 is 0 Å². The van der Waals surface area contributed by atoms with Gasteiger partial charge in [0.05, 0.1) is 12.6 Å². The van der Waals surface area contributed by atoms with Gasteiger partial charge in [0, 0.05) is 26.9 Å². The van der Waals surface area contributed by atoms with Crippen LogP contribution in [-0.4, -0.2) is 28.1 Å². The first-order valence-electron chi connectivity index (χ1n) is 7.72. The Hall–Kier alpha value is -2.87. The number of Topliss-reactive ketones (excluding diaryl/α,β-unsaturated/α-hetero) is 1. The topological polar surface area (TPSA) is 108 Å². The summed E-state index contributed by atoms with van der Waals surface area (Å²) < 4.78 is 7.04. The lowest BCUT2D eigenvalue weighted by molar-refractivity contribution is 0.0973. The zero-order valence-corrected chi connectivity index (χ0v) is 14.7. The van der Waals surface area contributed by atoms with E-state index in [9.17, 15) is 14.4 Å². The van der Waals surface area contributed by atoms with Crippen molar-refractivity contribution >= 4 is 17.3 Å². The molecule has 0 aliphatic rings. The number of ether oxygens (including phenoxy) is 1. The number of carbonyl (C=O) groups is 1. The highest BCUT2D eigenvalue weighted by molar-refractivity contribution is 6.04. The van der Waals surface area contributed by atoms with E-state index in [0.29, 0.717) is 6.61 Å². The van der Waals surface area contributed by atoms with E-state index in [-0.39, 0.29) is 11.4 Å². The van der Waals surface area contributed by atoms with Crippen LogP contribution in [0.1, 0.15) is 22.8 Å². The molecule has 0 bridgehead atoms. The van der Waals surface area contributed by atoms with Crippen LogP contribution in [0.5, 0.6) is 0 Å². The normalized spacial score (nSPS) is 12.0. The number of aromatic nitrogens is 2. The van der Waals surface area contributed by atoms with Crippen LogP contribution in [0.2, 0.25) is 0 Å². The van der Waals surface area contributed by atoms with Gasteiger partial charge in [0.1, 0.15) is 11.4 Å². The average Bonchev–Trinajstić information content (AvgIpc) is 2.59. The minimum atomic E-state index is -0.703. The molecule has 1 aromatic heterocycles. The first kappa shape index (κ1) is 18.5. The van der Waals surface area contributed by atoms with Crippen LogP contribution < -0.4 is 22.3 Å². The Morgan fingerprint density at radius 3 is 2.60 bits per heavy atom. The largest absolute Gasteiger partial charge is 0.384 e. The lowest BCUT2D eigenvalue weighted by Gasteiger charge is -2.17. The van der Waals surface area contributed by atoms with E-state index in [4.69, 9.17) is 10.5 Å². The fourth-order valence-corrected chi connectivity index (χ4v) is 2.54. The summed E-state index contributed by atoms with van der Waals surface area (Å²) in [5, 5.41) is 3.05. The summed E-state index contributed by atoms with van der Waals surface area (Å²) in [6.45, 7) is 2.08. The molecule has 0 aliphatic carbocycles. The molecule has 1 atom stereocenters. The second kappa shape index (κ2) is 7.35. The van der Waals surface area contributed by atoms with Crippen LogP contribution in [0.4, 0.5) is 11.5 Å². The van der Waals surface area contributed by atoms with Crippen molar-refractivity contribution in [3.05, 3.63) is 56.2 Å². The van der Waals surface area contributed by atoms with Gasteiger partial charge >= 0.3 is 5.69 Å². The van der Waals surface area contributed by atoms with E-state index >= 15 is 0 Å². The van der Waals surface area contributed by atoms with E-state index in [1.54, 1.807) is 14.0 Å². The number of nitrogens with one attached hydrogen (secondary N) is 1. The Labute approximate surface area is 144 Å². The molecule has 0 radical (unpaired) electrons. The number of hydrogen-bond acceptors (Lipinski definition) is 6. The van der Waals surface area contributed by atoms with Gasteiger partial charge in [-0.05, 0) is 24.6 Å². The summed E-state index contributed by atoms with van der Waals surface area (Å²) in [7, 11) is 4.33. The first-order chi connectivity index (χ1) is 11.8. The smallest absolute Gasteiger partial charge is 0.332 e. The highest BCUT2D eigenvalue weighted by Gasteiger charge is 2.24. The molecular formula is C17H22N4O4. The maximum Gasteiger partial charge on any atom is 0.332 e. The van der Waals surface area contributed by atoms with Gasteiger partial charge in [0.15, 0.2) is 5.78 Å². The second-order valence-electron chi connectivity index (χ2n) is 5.83. The molecule has 0 fully saturated rings. The third kappa shape index (κ3) is 3.63. The molecule has 0 spiro atoms. The Balaban J connectivity index is 2.34. The SMILES string of the molecule is COCc1cccc(N[C@@H](C)C(=O)c2c(N)n(C)c(=O)n(C)c2=O)c1. The van der Waals surface area contributed by atoms with Gasteiger partial charge in [-0.3, -0.25) is 18.7 Å². The van der Waals surface area contributed by atoms with Crippen LogP contribution in [0, 0.1) is 0 Å². The van der Waals surface area contributed by atoms with E-state index < -0.39 is 23.1 Å². The molecule has 0 unspecified atom stereocenters. The molecular weight excluding hydrogens is 324 g/mol. The molecule has 8 nitrogen and oxygen atoms in total. The predicted octanol–water partition coefficient (Wildman–Crippen LogP) is 0.496. The lowest BCUT2D eigenvalue weighted by atomic mass is 10.1. The molecule has 0 saturated carbocycles. The van der Waals surface area contributed by atoms with Gasteiger partial charge < -0.3 is 15.8 Å². The molecule has 0 amide bonds. The zero-order chi connectivity index (χ0) is 18.7. The van der Waals surface area contributed by atoms with Gasteiger partial charge in [0.25, 0.3) is 5.56 Å². The molecule has 2 rings (SSSR count). The van der Waals surface area contributed by atoms with Crippen molar-refractivity contribution in [2.24, 2.45) is 14.1 Å². The predicted molar refractivity (Wildman–Crippen MR) is 95.9 cm³/mol. The Morgan fingerprint density at radius 2 is 1.96 bits per heavy atom. The number of benzene rings is 1. The quantitative estimate of drug-likeness (QED) is 0.737. The van der Waals surface area contributed by atoms with Crippen LogP contribution in [0.25, 0.3) is 0 Å². The van der Waals surface area contributed by atoms with Crippen molar-refractivity contribution in [2.75, 3.05) is 18.2 Å². The number of methoxy groups -OCH3 is 1. The van der Waals surface area contributed by atoms with Crippen molar-refractivity contribution in [2.45, 2.75) is 19.6 Å². The van der Waals surface area contributed by atoms with Gasteiger partial charge in [-0.15, -0.1) is 0 Å². The second-order valence-corrected chi connectivity index (χ2v) is 5.83. The van der Waals surface area contributed by atoms with Gasteiger partial charge in [-0.25, -0.2) is 4.79 Å². The summed E-state index contributed by atoms with van der Waals surface area (Å²) in [6, 6.07) is 6.71. The molecule has 8 heteroatoms.